The topological polar surface area (TPSA) is 40.2 Å². The van der Waals surface area contributed by atoms with Crippen molar-refractivity contribution in [2.75, 3.05) is 27.9 Å². The molecule has 0 N–H and O–H groups in total. The lowest BCUT2D eigenvalue weighted by Crippen LogP contribution is -2.39. The fraction of sp³-hybridized carbons (Fsp3) is 0.478. The molecule has 5 heteroatoms. The molecule has 2 aromatic carbocycles. The molecule has 0 bridgehead atoms. The zero-order chi connectivity index (χ0) is 19.3. The number of ether oxygens (including phenoxy) is 4. The third-order valence-electron chi connectivity index (χ3n) is 6.24. The van der Waals surface area contributed by atoms with Crippen LogP contribution in [0.1, 0.15) is 41.1 Å². The Morgan fingerprint density at radius 3 is 2.36 bits per heavy atom. The van der Waals surface area contributed by atoms with Crippen LogP contribution < -0.4 is 18.9 Å². The maximum atomic E-state index is 6.27. The average Bonchev–Trinajstić information content (AvgIpc) is 3.55. The monoisotopic (exact) mass is 381 g/mol. The first-order valence-electron chi connectivity index (χ1n) is 10.1. The first-order valence-corrected chi connectivity index (χ1v) is 10.1. The van der Waals surface area contributed by atoms with Crippen LogP contribution in [0.2, 0.25) is 0 Å². The molecule has 0 unspecified atom stereocenters. The highest BCUT2D eigenvalue weighted by atomic mass is 16.5. The molecule has 148 valence electrons. The maximum absolute atomic E-state index is 6.27. The standard InChI is InChI=1S/C23H27NO4/c1-25-20-7-4-14-10-19-17-12-22(27-3)21(26-2)11-15(17)8-9-24(19)13-18(14)23(20)28-16-5-6-16/h4,7,11-12,16,19H,5-6,8-10,13H2,1-3H3/t19-/m0/s1. The van der Waals surface area contributed by atoms with E-state index in [0.29, 0.717) is 12.1 Å². The number of hydrogen-bond acceptors (Lipinski definition) is 5. The summed E-state index contributed by atoms with van der Waals surface area (Å²) in [5, 5.41) is 0. The molecule has 0 spiro atoms. The molecule has 1 fully saturated rings. The van der Waals surface area contributed by atoms with Crippen molar-refractivity contribution in [3.05, 3.63) is 46.5 Å². The van der Waals surface area contributed by atoms with E-state index < -0.39 is 0 Å². The normalized spacial score (nSPS) is 20.6. The van der Waals surface area contributed by atoms with E-state index in [-0.39, 0.29) is 0 Å². The molecule has 1 atom stereocenters. The molecule has 1 aliphatic carbocycles. The first-order chi connectivity index (χ1) is 13.7. The van der Waals surface area contributed by atoms with Crippen molar-refractivity contribution in [1.82, 2.24) is 4.90 Å². The van der Waals surface area contributed by atoms with Gasteiger partial charge in [-0.05, 0) is 60.6 Å². The van der Waals surface area contributed by atoms with Gasteiger partial charge in [0, 0.05) is 24.7 Å². The largest absolute Gasteiger partial charge is 0.493 e. The second-order valence-electron chi connectivity index (χ2n) is 7.90. The Labute approximate surface area is 166 Å². The minimum Gasteiger partial charge on any atom is -0.493 e. The maximum Gasteiger partial charge on any atom is 0.166 e. The molecule has 2 aliphatic heterocycles. The summed E-state index contributed by atoms with van der Waals surface area (Å²) >= 11 is 0. The van der Waals surface area contributed by atoms with E-state index in [4.69, 9.17) is 18.9 Å². The molecule has 5 nitrogen and oxygen atoms in total. The average molecular weight is 381 g/mol. The van der Waals surface area contributed by atoms with Crippen LogP contribution in [0.25, 0.3) is 0 Å². The van der Waals surface area contributed by atoms with Crippen molar-refractivity contribution in [2.24, 2.45) is 0 Å². The predicted octanol–water partition coefficient (Wildman–Crippen LogP) is 3.91. The molecular weight excluding hydrogens is 354 g/mol. The Balaban J connectivity index is 1.54. The van der Waals surface area contributed by atoms with Gasteiger partial charge in [-0.25, -0.2) is 0 Å². The molecule has 0 saturated heterocycles. The summed E-state index contributed by atoms with van der Waals surface area (Å²) in [7, 11) is 5.13. The van der Waals surface area contributed by atoms with E-state index in [9.17, 15) is 0 Å². The van der Waals surface area contributed by atoms with E-state index in [2.05, 4.69) is 29.2 Å². The van der Waals surface area contributed by atoms with E-state index in [1.807, 2.05) is 0 Å². The molecule has 5 rings (SSSR count). The second-order valence-corrected chi connectivity index (χ2v) is 7.90. The Bertz CT molecular complexity index is 906. The zero-order valence-electron chi connectivity index (χ0n) is 16.8. The van der Waals surface area contributed by atoms with Gasteiger partial charge in [0.25, 0.3) is 0 Å². The quantitative estimate of drug-likeness (QED) is 0.785. The van der Waals surface area contributed by atoms with Gasteiger partial charge in [-0.15, -0.1) is 0 Å². The molecular formula is C23H27NO4. The molecule has 0 amide bonds. The number of nitrogens with zero attached hydrogens (tertiary/aromatic N) is 1. The van der Waals surface area contributed by atoms with Gasteiger partial charge in [0.1, 0.15) is 0 Å². The highest BCUT2D eigenvalue weighted by molar-refractivity contribution is 5.55. The minimum atomic E-state index is 0.358. The first kappa shape index (κ1) is 17.7. The van der Waals surface area contributed by atoms with Crippen LogP contribution in [0.5, 0.6) is 23.0 Å². The van der Waals surface area contributed by atoms with Gasteiger partial charge in [0.15, 0.2) is 23.0 Å². The number of rotatable bonds is 5. The minimum absolute atomic E-state index is 0.358. The lowest BCUT2D eigenvalue weighted by Gasteiger charge is -2.42. The highest BCUT2D eigenvalue weighted by Gasteiger charge is 2.36. The Morgan fingerprint density at radius 2 is 1.64 bits per heavy atom. The SMILES string of the molecule is COc1cc2c(cc1OC)[C@@H]1Cc3ccc(OC)c(OC4CC4)c3CN1CC2. The second kappa shape index (κ2) is 6.89. The van der Waals surface area contributed by atoms with Gasteiger partial charge in [0.2, 0.25) is 0 Å². The van der Waals surface area contributed by atoms with Crippen LogP contribution in [-0.2, 0) is 19.4 Å². The summed E-state index contributed by atoms with van der Waals surface area (Å²) in [6.45, 7) is 1.93. The van der Waals surface area contributed by atoms with Gasteiger partial charge in [-0.1, -0.05) is 6.07 Å². The molecule has 0 aromatic heterocycles. The van der Waals surface area contributed by atoms with Gasteiger partial charge in [-0.3, -0.25) is 4.90 Å². The van der Waals surface area contributed by atoms with E-state index >= 15 is 0 Å². The van der Waals surface area contributed by atoms with Gasteiger partial charge >= 0.3 is 0 Å². The molecule has 28 heavy (non-hydrogen) atoms. The summed E-state index contributed by atoms with van der Waals surface area (Å²) in [5.41, 5.74) is 5.38. The van der Waals surface area contributed by atoms with Crippen molar-refractivity contribution in [2.45, 2.75) is 44.4 Å². The van der Waals surface area contributed by atoms with Crippen molar-refractivity contribution in [3.8, 4) is 23.0 Å². The van der Waals surface area contributed by atoms with Crippen molar-refractivity contribution in [3.63, 3.8) is 0 Å². The van der Waals surface area contributed by atoms with Crippen LogP contribution in [-0.4, -0.2) is 38.9 Å². The lowest BCUT2D eigenvalue weighted by molar-refractivity contribution is 0.155. The number of fused-ring (bicyclic) bond motifs is 4. The molecule has 2 heterocycles. The fourth-order valence-electron chi connectivity index (χ4n) is 4.57. The Kier molecular flexibility index (Phi) is 4.35. The smallest absolute Gasteiger partial charge is 0.166 e. The third-order valence-corrected chi connectivity index (χ3v) is 6.24. The van der Waals surface area contributed by atoms with E-state index in [0.717, 1.165) is 61.8 Å². The van der Waals surface area contributed by atoms with Crippen molar-refractivity contribution in [1.29, 1.82) is 0 Å². The van der Waals surface area contributed by atoms with Crippen LogP contribution >= 0.6 is 0 Å². The van der Waals surface area contributed by atoms with Gasteiger partial charge in [-0.2, -0.15) is 0 Å². The summed E-state index contributed by atoms with van der Waals surface area (Å²) in [6.07, 6.45) is 4.65. The third kappa shape index (κ3) is 2.89. The zero-order valence-corrected chi connectivity index (χ0v) is 16.8. The summed E-state index contributed by atoms with van der Waals surface area (Å²) in [4.78, 5) is 2.57. The molecule has 2 aromatic rings. The lowest BCUT2D eigenvalue weighted by atomic mass is 9.83. The summed E-state index contributed by atoms with van der Waals surface area (Å²) in [5.74, 6) is 3.43. The number of hydrogen-bond donors (Lipinski definition) is 0. The number of benzene rings is 2. The molecule has 0 radical (unpaired) electrons. The molecule has 3 aliphatic rings. The van der Waals surface area contributed by atoms with Gasteiger partial charge in [0.05, 0.1) is 27.4 Å². The predicted molar refractivity (Wildman–Crippen MR) is 107 cm³/mol. The fourth-order valence-corrected chi connectivity index (χ4v) is 4.57. The Morgan fingerprint density at radius 1 is 0.893 bits per heavy atom. The Hall–Kier alpha value is -2.40. The van der Waals surface area contributed by atoms with Crippen LogP contribution in [0, 0.1) is 0 Å². The summed E-state index contributed by atoms with van der Waals surface area (Å²) in [6, 6.07) is 8.95. The van der Waals surface area contributed by atoms with Crippen LogP contribution in [0.15, 0.2) is 24.3 Å². The molecule has 1 saturated carbocycles. The van der Waals surface area contributed by atoms with Gasteiger partial charge < -0.3 is 18.9 Å². The van der Waals surface area contributed by atoms with Crippen LogP contribution in [0.4, 0.5) is 0 Å². The van der Waals surface area contributed by atoms with E-state index in [1.165, 1.54) is 22.3 Å². The van der Waals surface area contributed by atoms with Crippen LogP contribution in [0.3, 0.4) is 0 Å². The van der Waals surface area contributed by atoms with Crippen molar-refractivity contribution >= 4 is 0 Å². The highest BCUT2D eigenvalue weighted by Crippen LogP contribution is 2.46. The van der Waals surface area contributed by atoms with Crippen molar-refractivity contribution < 1.29 is 18.9 Å². The number of methoxy groups -OCH3 is 3. The van der Waals surface area contributed by atoms with E-state index in [1.54, 1.807) is 21.3 Å². The summed E-state index contributed by atoms with van der Waals surface area (Å²) < 4.78 is 23.0.